The third-order valence-electron chi connectivity index (χ3n) is 5.41. The number of carbonyl (C=O) groups excluding carboxylic acids is 3. The van der Waals surface area contributed by atoms with Crippen molar-refractivity contribution >= 4 is 17.9 Å². The zero-order valence-electron chi connectivity index (χ0n) is 20.5. The molecular formula is C30H30O7. The summed E-state index contributed by atoms with van der Waals surface area (Å²) < 4.78 is 22.0. The maximum absolute atomic E-state index is 13.4. The summed E-state index contributed by atoms with van der Waals surface area (Å²) in [4.78, 5) is 39.1. The van der Waals surface area contributed by atoms with Crippen LogP contribution in [0.4, 0.5) is 0 Å². The molecule has 0 heterocycles. The fourth-order valence-electron chi connectivity index (χ4n) is 3.49. The molecule has 7 heteroatoms. The third-order valence-corrected chi connectivity index (χ3v) is 5.41. The first kappa shape index (κ1) is 27.4. The van der Waals surface area contributed by atoms with Crippen LogP contribution in [0.25, 0.3) is 0 Å². The van der Waals surface area contributed by atoms with Crippen molar-refractivity contribution in [2.24, 2.45) is 0 Å². The summed E-state index contributed by atoms with van der Waals surface area (Å²) in [5.74, 6) is -2.31. The van der Waals surface area contributed by atoms with Crippen molar-refractivity contribution in [3.8, 4) is 0 Å². The van der Waals surface area contributed by atoms with Crippen molar-refractivity contribution < 1.29 is 33.3 Å². The highest BCUT2D eigenvalue weighted by atomic mass is 16.6. The van der Waals surface area contributed by atoms with Crippen LogP contribution in [-0.4, -0.2) is 30.1 Å². The number of hydrogen-bond donors (Lipinski definition) is 0. The molecule has 3 aromatic carbocycles. The fourth-order valence-corrected chi connectivity index (χ4v) is 3.49. The molecule has 0 N–H and O–H groups in total. The smallest absolute Gasteiger partial charge is 0.339 e. The van der Waals surface area contributed by atoms with Crippen LogP contribution >= 0.6 is 0 Å². The van der Waals surface area contributed by atoms with Gasteiger partial charge in [0.05, 0.1) is 19.4 Å². The monoisotopic (exact) mass is 502 g/mol. The van der Waals surface area contributed by atoms with E-state index in [1.54, 1.807) is 12.1 Å². The minimum atomic E-state index is -1.95. The summed E-state index contributed by atoms with van der Waals surface area (Å²) in [6.45, 7) is 3.48. The molecule has 0 saturated carbocycles. The number of benzene rings is 3. The van der Waals surface area contributed by atoms with Crippen molar-refractivity contribution in [1.29, 1.82) is 0 Å². The van der Waals surface area contributed by atoms with Gasteiger partial charge in [0, 0.05) is 0 Å². The molecule has 0 aliphatic rings. The summed E-state index contributed by atoms with van der Waals surface area (Å²) in [6, 6.07) is 27.3. The molecule has 192 valence electrons. The van der Waals surface area contributed by atoms with Crippen molar-refractivity contribution in [3.05, 3.63) is 120 Å². The molecule has 0 aliphatic carbocycles. The first-order chi connectivity index (χ1) is 18.0. The topological polar surface area (TPSA) is 88.1 Å². The molecule has 0 atom stereocenters. The van der Waals surface area contributed by atoms with E-state index in [-0.39, 0.29) is 26.4 Å². The summed E-state index contributed by atoms with van der Waals surface area (Å²) >= 11 is 0. The highest BCUT2D eigenvalue weighted by molar-refractivity contribution is 5.90. The molecule has 3 rings (SSSR count). The van der Waals surface area contributed by atoms with E-state index in [2.05, 4.69) is 6.58 Å². The van der Waals surface area contributed by atoms with E-state index in [0.29, 0.717) is 0 Å². The predicted molar refractivity (Wildman–Crippen MR) is 137 cm³/mol. The van der Waals surface area contributed by atoms with Gasteiger partial charge in [-0.1, -0.05) is 97.1 Å². The number of ether oxygens (including phenoxy) is 4. The van der Waals surface area contributed by atoms with Crippen LogP contribution in [0.15, 0.2) is 104 Å². The molecule has 0 bridgehead atoms. The van der Waals surface area contributed by atoms with Gasteiger partial charge in [-0.2, -0.15) is 0 Å². The third kappa shape index (κ3) is 9.05. The summed E-state index contributed by atoms with van der Waals surface area (Å²) in [7, 11) is 0. The maximum atomic E-state index is 13.4. The van der Waals surface area contributed by atoms with Crippen LogP contribution in [-0.2, 0) is 53.2 Å². The number of hydrogen-bond acceptors (Lipinski definition) is 7. The molecule has 0 aromatic heterocycles. The minimum absolute atomic E-state index is 0.00866. The van der Waals surface area contributed by atoms with Crippen molar-refractivity contribution in [2.75, 3.05) is 6.61 Å². The van der Waals surface area contributed by atoms with E-state index >= 15 is 0 Å². The lowest BCUT2D eigenvalue weighted by Crippen LogP contribution is -2.47. The molecular weight excluding hydrogens is 472 g/mol. The largest absolute Gasteiger partial charge is 0.461 e. The molecule has 0 unspecified atom stereocenters. The van der Waals surface area contributed by atoms with Crippen LogP contribution in [0.5, 0.6) is 0 Å². The Bertz CT molecular complexity index is 1090. The lowest BCUT2D eigenvalue weighted by atomic mass is 9.95. The van der Waals surface area contributed by atoms with Gasteiger partial charge in [0.15, 0.2) is 5.60 Å². The van der Waals surface area contributed by atoms with Gasteiger partial charge in [0.2, 0.25) is 0 Å². The zero-order valence-corrected chi connectivity index (χ0v) is 20.5. The minimum Gasteiger partial charge on any atom is -0.461 e. The molecule has 37 heavy (non-hydrogen) atoms. The van der Waals surface area contributed by atoms with Gasteiger partial charge in [-0.15, -0.1) is 6.58 Å². The molecule has 0 amide bonds. The van der Waals surface area contributed by atoms with E-state index in [9.17, 15) is 14.4 Å². The highest BCUT2D eigenvalue weighted by Gasteiger charge is 2.46. The van der Waals surface area contributed by atoms with Crippen LogP contribution in [0.2, 0.25) is 0 Å². The summed E-state index contributed by atoms with van der Waals surface area (Å²) in [5.41, 5.74) is 0.349. The van der Waals surface area contributed by atoms with Gasteiger partial charge in [-0.3, -0.25) is 9.59 Å². The van der Waals surface area contributed by atoms with Crippen molar-refractivity contribution in [2.45, 2.75) is 38.3 Å². The Hall–Kier alpha value is -4.23. The lowest BCUT2D eigenvalue weighted by molar-refractivity contribution is -0.185. The van der Waals surface area contributed by atoms with Crippen LogP contribution in [0.3, 0.4) is 0 Å². The maximum Gasteiger partial charge on any atom is 0.339 e. The van der Waals surface area contributed by atoms with Crippen LogP contribution < -0.4 is 0 Å². The van der Waals surface area contributed by atoms with Crippen molar-refractivity contribution in [3.63, 3.8) is 0 Å². The number of carbonyl (C=O) groups is 3. The summed E-state index contributed by atoms with van der Waals surface area (Å²) in [6.07, 6.45) is 0.341. The highest BCUT2D eigenvalue weighted by Crippen LogP contribution is 2.26. The Balaban J connectivity index is 1.76. The second-order valence-corrected chi connectivity index (χ2v) is 8.30. The molecule has 3 aromatic rings. The first-order valence-corrected chi connectivity index (χ1v) is 11.9. The van der Waals surface area contributed by atoms with Gasteiger partial charge in [0.1, 0.15) is 19.8 Å². The van der Waals surface area contributed by atoms with Gasteiger partial charge in [-0.05, 0) is 16.7 Å². The Morgan fingerprint density at radius 3 is 1.38 bits per heavy atom. The molecule has 7 nitrogen and oxygen atoms in total. The van der Waals surface area contributed by atoms with Gasteiger partial charge in [0.25, 0.3) is 0 Å². The Kier molecular flexibility index (Phi) is 10.6. The average Bonchev–Trinajstić information content (AvgIpc) is 2.94. The number of rotatable bonds is 14. The zero-order chi connectivity index (χ0) is 26.3. The van der Waals surface area contributed by atoms with Gasteiger partial charge < -0.3 is 18.9 Å². The molecule has 0 fully saturated rings. The van der Waals surface area contributed by atoms with Crippen LogP contribution in [0, 0.1) is 0 Å². The Labute approximate surface area is 216 Å². The molecule has 0 aliphatic heterocycles. The van der Waals surface area contributed by atoms with E-state index in [1.807, 2.05) is 78.9 Å². The second-order valence-electron chi connectivity index (χ2n) is 8.30. The SMILES string of the molecule is C=CCOC(CC(=O)OCc1ccccc1)(CC(=O)OCc1ccccc1)C(=O)OCc1ccccc1. The molecule has 0 saturated heterocycles. The number of esters is 3. The second kappa shape index (κ2) is 14.4. The first-order valence-electron chi connectivity index (χ1n) is 11.9. The fraction of sp³-hybridized carbons (Fsp3) is 0.233. The quantitative estimate of drug-likeness (QED) is 0.175. The van der Waals surface area contributed by atoms with Gasteiger partial charge in [-0.25, -0.2) is 4.79 Å². The van der Waals surface area contributed by atoms with Gasteiger partial charge >= 0.3 is 17.9 Å². The lowest BCUT2D eigenvalue weighted by Gasteiger charge is -2.29. The molecule has 0 spiro atoms. The Morgan fingerprint density at radius 2 is 1.00 bits per heavy atom. The normalized spacial score (nSPS) is 10.8. The average molecular weight is 503 g/mol. The van der Waals surface area contributed by atoms with E-state index in [4.69, 9.17) is 18.9 Å². The Morgan fingerprint density at radius 1 is 0.622 bits per heavy atom. The molecule has 0 radical (unpaired) electrons. The van der Waals surface area contributed by atoms with E-state index < -0.39 is 36.4 Å². The standard InChI is InChI=1S/C30H30O7/c1-2-18-37-30(29(33)36-23-26-16-10-5-11-17-26,19-27(31)34-21-24-12-6-3-7-13-24)20-28(32)35-22-25-14-8-4-9-15-25/h2-17H,1,18-23H2. The van der Waals surface area contributed by atoms with E-state index in [0.717, 1.165) is 16.7 Å². The van der Waals surface area contributed by atoms with E-state index in [1.165, 1.54) is 6.08 Å². The van der Waals surface area contributed by atoms with Crippen molar-refractivity contribution in [1.82, 2.24) is 0 Å². The summed E-state index contributed by atoms with van der Waals surface area (Å²) in [5, 5.41) is 0. The predicted octanol–water partition coefficient (Wildman–Crippen LogP) is 4.94. The van der Waals surface area contributed by atoms with Crippen LogP contribution in [0.1, 0.15) is 29.5 Å².